The van der Waals surface area contributed by atoms with Crippen LogP contribution in [-0.2, 0) is 23.3 Å². The van der Waals surface area contributed by atoms with E-state index in [1.54, 1.807) is 0 Å². The van der Waals surface area contributed by atoms with Crippen LogP contribution in [0.4, 0.5) is 0 Å². The molecule has 1 N–H and O–H groups in total. The number of amides is 1. The van der Waals surface area contributed by atoms with Gasteiger partial charge in [-0.05, 0) is 48.1 Å². The summed E-state index contributed by atoms with van der Waals surface area (Å²) in [7, 11) is 0. The molecule has 1 saturated heterocycles. The second-order valence-corrected chi connectivity index (χ2v) is 10.2. The van der Waals surface area contributed by atoms with Gasteiger partial charge in [0.25, 0.3) is 0 Å². The Hall–Kier alpha value is -2.70. The van der Waals surface area contributed by atoms with Crippen molar-refractivity contribution in [3.8, 4) is 11.4 Å². The van der Waals surface area contributed by atoms with Gasteiger partial charge in [0.15, 0.2) is 0 Å². The van der Waals surface area contributed by atoms with Crippen molar-refractivity contribution in [2.24, 2.45) is 5.92 Å². The van der Waals surface area contributed by atoms with Crippen LogP contribution in [0.5, 0.6) is 0 Å². The number of hydrogen-bond acceptors (Lipinski definition) is 5. The van der Waals surface area contributed by atoms with E-state index in [4.69, 9.17) is 16.1 Å². The Labute approximate surface area is 200 Å². The summed E-state index contributed by atoms with van der Waals surface area (Å²) in [5.74, 6) is 1.21. The highest BCUT2D eigenvalue weighted by molar-refractivity contribution is 6.30. The second kappa shape index (κ2) is 10.1. The largest absolute Gasteiger partial charge is 0.352 e. The van der Waals surface area contributed by atoms with Gasteiger partial charge in [0, 0.05) is 23.7 Å². The van der Waals surface area contributed by atoms with E-state index in [9.17, 15) is 4.79 Å². The van der Waals surface area contributed by atoms with E-state index < -0.39 is 0 Å². The molecule has 0 saturated carbocycles. The van der Waals surface area contributed by atoms with E-state index in [0.717, 1.165) is 30.5 Å². The highest BCUT2D eigenvalue weighted by Gasteiger charge is 2.27. The predicted octanol–water partition coefficient (Wildman–Crippen LogP) is 5.22. The number of carbonyl (C=O) groups is 1. The van der Waals surface area contributed by atoms with E-state index >= 15 is 0 Å². The van der Waals surface area contributed by atoms with E-state index in [-0.39, 0.29) is 17.2 Å². The van der Waals surface area contributed by atoms with Gasteiger partial charge in [-0.15, -0.1) is 0 Å². The standard InChI is InChI=1S/C26H31ClN4O2/c1-26(2,3)21-10-8-19(9-11-21)24-29-23(33-30-24)17-31-14-4-5-20(16-31)25(32)28-15-18-6-12-22(27)13-7-18/h6-13,20H,4-5,14-17H2,1-3H3,(H,28,32). The van der Waals surface area contributed by atoms with E-state index in [0.29, 0.717) is 36.4 Å². The lowest BCUT2D eigenvalue weighted by Gasteiger charge is -2.30. The molecule has 1 atom stereocenters. The lowest BCUT2D eigenvalue weighted by atomic mass is 9.87. The number of nitrogens with zero attached hydrogens (tertiary/aromatic N) is 3. The van der Waals surface area contributed by atoms with Crippen molar-refractivity contribution < 1.29 is 9.32 Å². The van der Waals surface area contributed by atoms with Crippen LogP contribution in [0.1, 0.15) is 50.6 Å². The number of piperidine rings is 1. The quantitative estimate of drug-likeness (QED) is 0.539. The molecule has 2 heterocycles. The summed E-state index contributed by atoms with van der Waals surface area (Å²) in [6.45, 7) is 9.24. The van der Waals surface area contributed by atoms with Crippen LogP contribution in [-0.4, -0.2) is 34.0 Å². The molecule has 1 aliphatic rings. The van der Waals surface area contributed by atoms with Gasteiger partial charge in [0.05, 0.1) is 12.5 Å². The smallest absolute Gasteiger partial charge is 0.241 e. The van der Waals surface area contributed by atoms with E-state index in [1.165, 1.54) is 5.56 Å². The van der Waals surface area contributed by atoms with Crippen LogP contribution in [0.25, 0.3) is 11.4 Å². The van der Waals surface area contributed by atoms with Crippen LogP contribution in [0.2, 0.25) is 5.02 Å². The molecule has 0 bridgehead atoms. The van der Waals surface area contributed by atoms with Gasteiger partial charge in [-0.1, -0.05) is 73.9 Å². The zero-order valence-corrected chi connectivity index (χ0v) is 20.2. The maximum Gasteiger partial charge on any atom is 0.241 e. The zero-order valence-electron chi connectivity index (χ0n) is 19.5. The fourth-order valence-corrected chi connectivity index (χ4v) is 4.22. The third kappa shape index (κ3) is 6.21. The molecular weight excluding hydrogens is 436 g/mol. The Balaban J connectivity index is 1.31. The first-order valence-electron chi connectivity index (χ1n) is 11.5. The number of halogens is 1. The van der Waals surface area contributed by atoms with E-state index in [1.807, 2.05) is 36.4 Å². The molecule has 3 aromatic rings. The number of rotatable bonds is 6. The minimum absolute atomic E-state index is 0.0432. The van der Waals surface area contributed by atoms with Crippen LogP contribution < -0.4 is 5.32 Å². The van der Waals surface area contributed by atoms with Crippen LogP contribution >= 0.6 is 11.6 Å². The topological polar surface area (TPSA) is 71.3 Å². The SMILES string of the molecule is CC(C)(C)c1ccc(-c2noc(CN3CCCC(C(=O)NCc4ccc(Cl)cc4)C3)n2)cc1. The lowest BCUT2D eigenvalue weighted by Crippen LogP contribution is -2.42. The molecule has 1 fully saturated rings. The molecule has 6 nitrogen and oxygen atoms in total. The van der Waals surface area contributed by atoms with Gasteiger partial charge >= 0.3 is 0 Å². The average Bonchev–Trinajstić information content (AvgIpc) is 3.26. The van der Waals surface area contributed by atoms with Gasteiger partial charge in [-0.2, -0.15) is 4.98 Å². The maximum atomic E-state index is 12.7. The molecular formula is C26H31ClN4O2. The molecule has 7 heteroatoms. The minimum Gasteiger partial charge on any atom is -0.352 e. The molecule has 0 spiro atoms. The fourth-order valence-electron chi connectivity index (χ4n) is 4.10. The summed E-state index contributed by atoms with van der Waals surface area (Å²) in [4.78, 5) is 19.5. The van der Waals surface area contributed by atoms with Crippen molar-refractivity contribution >= 4 is 17.5 Å². The highest BCUT2D eigenvalue weighted by Crippen LogP contribution is 2.25. The summed E-state index contributed by atoms with van der Waals surface area (Å²) in [5, 5.41) is 7.91. The van der Waals surface area contributed by atoms with Gasteiger partial charge in [0.2, 0.25) is 17.6 Å². The Kier molecular flexibility index (Phi) is 7.15. The van der Waals surface area contributed by atoms with Crippen molar-refractivity contribution in [3.05, 3.63) is 70.6 Å². The number of aromatic nitrogens is 2. The average molecular weight is 467 g/mol. The number of likely N-dealkylation sites (tertiary alicyclic amines) is 1. The summed E-state index contributed by atoms with van der Waals surface area (Å²) in [6.07, 6.45) is 1.85. The molecule has 2 aromatic carbocycles. The molecule has 0 radical (unpaired) electrons. The third-order valence-corrected chi connectivity index (χ3v) is 6.34. The Bertz CT molecular complexity index is 1070. The van der Waals surface area contributed by atoms with Crippen molar-refractivity contribution in [2.45, 2.75) is 52.1 Å². The molecule has 33 heavy (non-hydrogen) atoms. The number of benzene rings is 2. The lowest BCUT2D eigenvalue weighted by molar-refractivity contribution is -0.127. The second-order valence-electron chi connectivity index (χ2n) is 9.76. The van der Waals surface area contributed by atoms with Gasteiger partial charge in [-0.25, -0.2) is 0 Å². The monoisotopic (exact) mass is 466 g/mol. The summed E-state index contributed by atoms with van der Waals surface area (Å²) >= 11 is 5.93. The summed E-state index contributed by atoms with van der Waals surface area (Å²) in [6, 6.07) is 15.8. The molecule has 1 aliphatic heterocycles. The van der Waals surface area contributed by atoms with Crippen LogP contribution in [0.3, 0.4) is 0 Å². The Morgan fingerprint density at radius 2 is 1.88 bits per heavy atom. The van der Waals surface area contributed by atoms with E-state index in [2.05, 4.69) is 53.3 Å². The minimum atomic E-state index is -0.0432. The van der Waals surface area contributed by atoms with Crippen molar-refractivity contribution in [3.63, 3.8) is 0 Å². The molecule has 174 valence electrons. The molecule has 1 aromatic heterocycles. The first-order chi connectivity index (χ1) is 15.8. The molecule has 0 aliphatic carbocycles. The van der Waals surface area contributed by atoms with Crippen molar-refractivity contribution in [1.82, 2.24) is 20.4 Å². The van der Waals surface area contributed by atoms with Gasteiger partial charge < -0.3 is 9.84 Å². The summed E-state index contributed by atoms with van der Waals surface area (Å²) in [5.41, 5.74) is 3.35. The van der Waals surface area contributed by atoms with Gasteiger partial charge in [-0.3, -0.25) is 9.69 Å². The fraction of sp³-hybridized carbons (Fsp3) is 0.423. The number of nitrogens with one attached hydrogen (secondary N) is 1. The van der Waals surface area contributed by atoms with Crippen molar-refractivity contribution in [1.29, 1.82) is 0 Å². The van der Waals surface area contributed by atoms with Crippen molar-refractivity contribution in [2.75, 3.05) is 13.1 Å². The normalized spacial score (nSPS) is 17.2. The number of carbonyl (C=O) groups excluding carboxylic acids is 1. The zero-order chi connectivity index (χ0) is 23.4. The Morgan fingerprint density at radius 3 is 2.58 bits per heavy atom. The molecule has 1 amide bonds. The first kappa shape index (κ1) is 23.5. The highest BCUT2D eigenvalue weighted by atomic mass is 35.5. The maximum absolute atomic E-state index is 12.7. The van der Waals surface area contributed by atoms with Gasteiger partial charge in [0.1, 0.15) is 0 Å². The van der Waals surface area contributed by atoms with Crippen LogP contribution in [0, 0.1) is 5.92 Å². The predicted molar refractivity (Wildman–Crippen MR) is 130 cm³/mol. The molecule has 1 unspecified atom stereocenters. The number of hydrogen-bond donors (Lipinski definition) is 1. The van der Waals surface area contributed by atoms with Crippen LogP contribution in [0.15, 0.2) is 53.1 Å². The summed E-state index contributed by atoms with van der Waals surface area (Å²) < 4.78 is 5.52. The third-order valence-electron chi connectivity index (χ3n) is 6.09. The molecule has 4 rings (SSSR count). The Morgan fingerprint density at radius 1 is 1.15 bits per heavy atom. The first-order valence-corrected chi connectivity index (χ1v) is 11.8.